The number of carboxylic acid groups (broad SMARTS) is 1. The van der Waals surface area contributed by atoms with Crippen LogP contribution in [-0.2, 0) is 9.59 Å². The van der Waals surface area contributed by atoms with Crippen molar-refractivity contribution in [2.24, 2.45) is 11.1 Å². The second kappa shape index (κ2) is 5.30. The van der Waals surface area contributed by atoms with E-state index in [1.807, 2.05) is 20.8 Å². The molecule has 0 aromatic rings. The van der Waals surface area contributed by atoms with Crippen molar-refractivity contribution in [1.82, 2.24) is 4.90 Å². The normalized spacial score (nSPS) is 15.4. The summed E-state index contributed by atoms with van der Waals surface area (Å²) in [5.74, 6) is -1.33. The average Bonchev–Trinajstić information content (AvgIpc) is 2.14. The van der Waals surface area contributed by atoms with Gasteiger partial charge in [0, 0.05) is 7.05 Å². The maximum absolute atomic E-state index is 11.9. The number of amides is 1. The molecule has 0 aliphatic heterocycles. The molecule has 0 fully saturated rings. The highest BCUT2D eigenvalue weighted by Crippen LogP contribution is 2.19. The predicted molar refractivity (Wildman–Crippen MR) is 61.9 cm³/mol. The summed E-state index contributed by atoms with van der Waals surface area (Å²) < 4.78 is 0. The number of aliphatic carboxylic acids is 1. The van der Waals surface area contributed by atoms with E-state index in [0.717, 1.165) is 0 Å². The van der Waals surface area contributed by atoms with E-state index in [0.29, 0.717) is 6.42 Å². The van der Waals surface area contributed by atoms with Crippen molar-refractivity contribution in [3.8, 4) is 0 Å². The quantitative estimate of drug-likeness (QED) is 0.744. The molecule has 5 nitrogen and oxygen atoms in total. The van der Waals surface area contributed by atoms with Crippen molar-refractivity contribution in [3.05, 3.63) is 0 Å². The molecule has 0 aliphatic carbocycles. The summed E-state index contributed by atoms with van der Waals surface area (Å²) in [4.78, 5) is 24.1. The molecule has 0 aromatic carbocycles. The lowest BCUT2D eigenvalue weighted by Gasteiger charge is -2.32. The number of hydrogen-bond acceptors (Lipinski definition) is 3. The van der Waals surface area contributed by atoms with Crippen LogP contribution in [0.15, 0.2) is 0 Å². The molecule has 1 unspecified atom stereocenters. The molecule has 0 aliphatic rings. The van der Waals surface area contributed by atoms with Gasteiger partial charge in [-0.1, -0.05) is 27.7 Å². The summed E-state index contributed by atoms with van der Waals surface area (Å²) in [7, 11) is 1.48. The van der Waals surface area contributed by atoms with Crippen molar-refractivity contribution in [2.45, 2.75) is 46.2 Å². The van der Waals surface area contributed by atoms with Crippen molar-refractivity contribution >= 4 is 11.9 Å². The summed E-state index contributed by atoms with van der Waals surface area (Å²) in [6.45, 7) is 7.28. The van der Waals surface area contributed by atoms with Crippen LogP contribution in [0.2, 0.25) is 0 Å². The largest absolute Gasteiger partial charge is 0.480 e. The van der Waals surface area contributed by atoms with E-state index in [2.05, 4.69) is 0 Å². The highest BCUT2D eigenvalue weighted by Gasteiger charge is 2.33. The first-order valence-corrected chi connectivity index (χ1v) is 5.38. The second-order valence-electron chi connectivity index (χ2n) is 5.06. The minimum atomic E-state index is -1.00. The average molecular weight is 230 g/mol. The van der Waals surface area contributed by atoms with Gasteiger partial charge in [-0.3, -0.25) is 4.79 Å². The molecule has 0 bridgehead atoms. The van der Waals surface area contributed by atoms with E-state index in [-0.39, 0.29) is 11.3 Å². The van der Waals surface area contributed by atoms with Crippen LogP contribution in [0, 0.1) is 5.41 Å². The molecule has 0 saturated heterocycles. The zero-order valence-corrected chi connectivity index (χ0v) is 10.7. The summed E-state index contributed by atoms with van der Waals surface area (Å²) >= 11 is 0. The highest BCUT2D eigenvalue weighted by molar-refractivity contribution is 5.87. The molecule has 0 radical (unpaired) electrons. The molecule has 1 amide bonds. The number of carboxylic acids is 1. The van der Waals surface area contributed by atoms with Gasteiger partial charge in [-0.2, -0.15) is 0 Å². The van der Waals surface area contributed by atoms with E-state index in [9.17, 15) is 9.59 Å². The minimum Gasteiger partial charge on any atom is -0.480 e. The predicted octanol–water partition coefficient (Wildman–Crippen LogP) is 0.681. The first-order chi connectivity index (χ1) is 7.12. The molecular formula is C11H22N2O3. The molecule has 16 heavy (non-hydrogen) atoms. The monoisotopic (exact) mass is 230 g/mol. The van der Waals surface area contributed by atoms with Crippen molar-refractivity contribution < 1.29 is 14.7 Å². The summed E-state index contributed by atoms with van der Waals surface area (Å²) in [6, 6.07) is -1.49. The van der Waals surface area contributed by atoms with Gasteiger partial charge in [-0.05, 0) is 11.8 Å². The van der Waals surface area contributed by atoms with Crippen LogP contribution in [-0.4, -0.2) is 41.0 Å². The van der Waals surface area contributed by atoms with E-state index in [1.54, 1.807) is 6.92 Å². The zero-order chi connectivity index (χ0) is 13.1. The SMILES string of the molecule is CCC(C(=O)O)N(C)C(=O)[C@@H](N)C(C)(C)C. The van der Waals surface area contributed by atoms with Crippen LogP contribution < -0.4 is 5.73 Å². The number of hydrogen-bond donors (Lipinski definition) is 2. The van der Waals surface area contributed by atoms with Gasteiger partial charge in [0.15, 0.2) is 0 Å². The summed E-state index contributed by atoms with van der Waals surface area (Å²) in [6.07, 6.45) is 0.369. The Labute approximate surface area is 96.6 Å². The summed E-state index contributed by atoms with van der Waals surface area (Å²) in [5, 5.41) is 8.94. The first-order valence-electron chi connectivity index (χ1n) is 5.38. The van der Waals surface area contributed by atoms with Crippen molar-refractivity contribution in [2.75, 3.05) is 7.05 Å². The number of nitrogens with two attached hydrogens (primary N) is 1. The Morgan fingerprint density at radius 2 is 1.81 bits per heavy atom. The maximum atomic E-state index is 11.9. The Morgan fingerprint density at radius 3 is 2.06 bits per heavy atom. The molecule has 0 rings (SSSR count). The third-order valence-corrected chi connectivity index (χ3v) is 2.69. The lowest BCUT2D eigenvalue weighted by atomic mass is 9.86. The molecular weight excluding hydrogens is 208 g/mol. The van der Waals surface area contributed by atoms with E-state index in [1.165, 1.54) is 11.9 Å². The molecule has 3 N–H and O–H groups in total. The van der Waals surface area contributed by atoms with Gasteiger partial charge in [0.05, 0.1) is 6.04 Å². The number of likely N-dealkylation sites (N-methyl/N-ethyl adjacent to an activating group) is 1. The Bertz CT molecular complexity index is 271. The number of carbonyl (C=O) groups is 2. The molecule has 94 valence electrons. The zero-order valence-electron chi connectivity index (χ0n) is 10.7. The van der Waals surface area contributed by atoms with Gasteiger partial charge in [0.1, 0.15) is 6.04 Å². The fourth-order valence-corrected chi connectivity index (χ4v) is 1.36. The van der Waals surface area contributed by atoms with Crippen LogP contribution in [0.4, 0.5) is 0 Å². The lowest BCUT2D eigenvalue weighted by molar-refractivity contribution is -0.150. The third-order valence-electron chi connectivity index (χ3n) is 2.69. The van der Waals surface area contributed by atoms with Gasteiger partial charge in [-0.25, -0.2) is 4.79 Å². The lowest BCUT2D eigenvalue weighted by Crippen LogP contribution is -2.53. The standard InChI is InChI=1S/C11H22N2O3/c1-6-7(10(15)16)13(5)9(14)8(12)11(2,3)4/h7-8H,6,12H2,1-5H3,(H,15,16)/t7?,8-/m1/s1. The maximum Gasteiger partial charge on any atom is 0.326 e. The fraction of sp³-hybridized carbons (Fsp3) is 0.818. The van der Waals surface area contributed by atoms with E-state index in [4.69, 9.17) is 10.8 Å². The molecule has 0 spiro atoms. The molecule has 0 saturated carbocycles. The van der Waals surface area contributed by atoms with Crippen LogP contribution in [0.25, 0.3) is 0 Å². The number of rotatable bonds is 4. The van der Waals surface area contributed by atoms with Crippen molar-refractivity contribution in [3.63, 3.8) is 0 Å². The topological polar surface area (TPSA) is 83.6 Å². The van der Waals surface area contributed by atoms with Gasteiger partial charge in [0.2, 0.25) is 5.91 Å². The van der Waals surface area contributed by atoms with Gasteiger partial charge < -0.3 is 15.7 Å². The Morgan fingerprint density at radius 1 is 1.38 bits per heavy atom. The first kappa shape index (κ1) is 14.9. The minimum absolute atomic E-state index is 0.332. The number of nitrogens with zero attached hydrogens (tertiary/aromatic N) is 1. The second-order valence-corrected chi connectivity index (χ2v) is 5.06. The third kappa shape index (κ3) is 3.48. The van der Waals surface area contributed by atoms with Crippen LogP contribution in [0.1, 0.15) is 34.1 Å². The number of carbonyl (C=O) groups excluding carboxylic acids is 1. The van der Waals surface area contributed by atoms with Crippen molar-refractivity contribution in [1.29, 1.82) is 0 Å². The van der Waals surface area contributed by atoms with E-state index < -0.39 is 18.1 Å². The Balaban J connectivity index is 4.79. The highest BCUT2D eigenvalue weighted by atomic mass is 16.4. The van der Waals surface area contributed by atoms with Crippen LogP contribution in [0.3, 0.4) is 0 Å². The fourth-order valence-electron chi connectivity index (χ4n) is 1.36. The Hall–Kier alpha value is -1.10. The Kier molecular flexibility index (Phi) is 4.93. The van der Waals surface area contributed by atoms with Gasteiger partial charge >= 0.3 is 5.97 Å². The van der Waals surface area contributed by atoms with Gasteiger partial charge in [-0.15, -0.1) is 0 Å². The molecule has 5 heteroatoms. The smallest absolute Gasteiger partial charge is 0.326 e. The molecule has 0 aromatic heterocycles. The molecule has 2 atom stereocenters. The van der Waals surface area contributed by atoms with Gasteiger partial charge in [0.25, 0.3) is 0 Å². The van der Waals surface area contributed by atoms with Crippen LogP contribution in [0.5, 0.6) is 0 Å². The molecule has 0 heterocycles. The van der Waals surface area contributed by atoms with Crippen LogP contribution >= 0.6 is 0 Å². The van der Waals surface area contributed by atoms with E-state index >= 15 is 0 Å². The summed E-state index contributed by atoms with van der Waals surface area (Å²) in [5.41, 5.74) is 5.43.